The zero-order chi connectivity index (χ0) is 14.5. The lowest BCUT2D eigenvalue weighted by Gasteiger charge is -2.21. The van der Waals surface area contributed by atoms with E-state index in [2.05, 4.69) is 4.72 Å². The normalized spacial score (nSPS) is 14.8. The Hall–Kier alpha value is -2.12. The van der Waals surface area contributed by atoms with Gasteiger partial charge in [0.2, 0.25) is 0 Å². The summed E-state index contributed by atoms with van der Waals surface area (Å²) in [5.41, 5.74) is 0.366. The Bertz CT molecular complexity index is 849. The van der Waals surface area contributed by atoms with Gasteiger partial charge in [0.05, 0.1) is 9.82 Å². The molecule has 102 valence electrons. The van der Waals surface area contributed by atoms with Crippen molar-refractivity contribution in [1.29, 1.82) is 0 Å². The minimum absolute atomic E-state index is 0.0573. The fourth-order valence-electron chi connectivity index (χ4n) is 2.17. The Morgan fingerprint density at radius 3 is 2.55 bits per heavy atom. The molecule has 2 aromatic carbocycles. The monoisotopic (exact) mass is 310 g/mol. The topological polar surface area (TPSA) is 89.3 Å². The SMILES string of the molecule is O=[N+]([O-])c1cc(Cl)cc2c1NS(=O)(=O)c1ccccc1-2. The van der Waals surface area contributed by atoms with Gasteiger partial charge in [-0.15, -0.1) is 0 Å². The van der Waals surface area contributed by atoms with Crippen molar-refractivity contribution in [2.24, 2.45) is 0 Å². The molecule has 0 radical (unpaired) electrons. The maximum Gasteiger partial charge on any atom is 0.295 e. The number of rotatable bonds is 1. The Balaban J connectivity index is 2.44. The third kappa shape index (κ3) is 1.83. The fourth-order valence-corrected chi connectivity index (χ4v) is 3.70. The van der Waals surface area contributed by atoms with E-state index >= 15 is 0 Å². The van der Waals surface area contributed by atoms with E-state index in [1.165, 1.54) is 12.1 Å². The van der Waals surface area contributed by atoms with Crippen molar-refractivity contribution in [2.75, 3.05) is 4.72 Å². The molecule has 0 spiro atoms. The quantitative estimate of drug-likeness (QED) is 0.647. The molecule has 1 aliphatic heterocycles. The van der Waals surface area contributed by atoms with E-state index in [1.807, 2.05) is 0 Å². The van der Waals surface area contributed by atoms with Crippen molar-refractivity contribution in [2.45, 2.75) is 4.90 Å². The summed E-state index contributed by atoms with van der Waals surface area (Å²) >= 11 is 5.88. The average Bonchev–Trinajstić information content (AvgIpc) is 2.39. The fraction of sp³-hybridized carbons (Fsp3) is 0. The highest BCUT2D eigenvalue weighted by atomic mass is 35.5. The van der Waals surface area contributed by atoms with Crippen molar-refractivity contribution < 1.29 is 13.3 Å². The van der Waals surface area contributed by atoms with E-state index in [0.717, 1.165) is 6.07 Å². The molecule has 6 nitrogen and oxygen atoms in total. The molecule has 0 bridgehead atoms. The van der Waals surface area contributed by atoms with Crippen LogP contribution in [0.5, 0.6) is 0 Å². The maximum atomic E-state index is 12.1. The summed E-state index contributed by atoms with van der Waals surface area (Å²) in [4.78, 5) is 10.5. The molecule has 0 fully saturated rings. The Kier molecular flexibility index (Phi) is 2.70. The van der Waals surface area contributed by atoms with Gasteiger partial charge in [0.25, 0.3) is 15.7 Å². The smallest absolute Gasteiger partial charge is 0.272 e. The van der Waals surface area contributed by atoms with Gasteiger partial charge in [-0.2, -0.15) is 0 Å². The van der Waals surface area contributed by atoms with Crippen molar-refractivity contribution >= 4 is 33.0 Å². The van der Waals surface area contributed by atoms with Crippen LogP contribution in [0.1, 0.15) is 0 Å². The number of fused-ring (bicyclic) bond motifs is 3. The third-order valence-electron chi connectivity index (χ3n) is 2.98. The van der Waals surface area contributed by atoms with E-state index in [1.54, 1.807) is 18.2 Å². The molecule has 0 unspecified atom stereocenters. The van der Waals surface area contributed by atoms with Crippen molar-refractivity contribution in [1.82, 2.24) is 0 Å². The summed E-state index contributed by atoms with van der Waals surface area (Å²) in [6, 6.07) is 8.90. The number of nitrogens with one attached hydrogen (secondary N) is 1. The summed E-state index contributed by atoms with van der Waals surface area (Å²) in [5.74, 6) is 0. The van der Waals surface area contributed by atoms with Crippen LogP contribution in [-0.4, -0.2) is 13.3 Å². The van der Waals surface area contributed by atoms with Gasteiger partial charge in [0, 0.05) is 22.2 Å². The van der Waals surface area contributed by atoms with Crippen LogP contribution >= 0.6 is 11.6 Å². The Morgan fingerprint density at radius 1 is 1.15 bits per heavy atom. The van der Waals surface area contributed by atoms with Gasteiger partial charge >= 0.3 is 0 Å². The lowest BCUT2D eigenvalue weighted by Crippen LogP contribution is -2.19. The molecule has 0 aliphatic carbocycles. The summed E-state index contributed by atoms with van der Waals surface area (Å²) < 4.78 is 26.5. The molecule has 2 aromatic rings. The van der Waals surface area contributed by atoms with E-state index < -0.39 is 14.9 Å². The second-order valence-corrected chi connectivity index (χ2v) is 6.29. The predicted octanol–water partition coefficient (Wildman–Crippen LogP) is 3.03. The lowest BCUT2D eigenvalue weighted by molar-refractivity contribution is -0.383. The highest BCUT2D eigenvalue weighted by Crippen LogP contribution is 2.45. The largest absolute Gasteiger partial charge is 0.295 e. The number of nitro benzene ring substituents is 1. The van der Waals surface area contributed by atoms with Gasteiger partial charge in [-0.3, -0.25) is 14.8 Å². The maximum absolute atomic E-state index is 12.1. The zero-order valence-electron chi connectivity index (χ0n) is 9.83. The highest BCUT2D eigenvalue weighted by Gasteiger charge is 2.32. The molecule has 0 aromatic heterocycles. The molecular weight excluding hydrogens is 304 g/mol. The summed E-state index contributed by atoms with van der Waals surface area (Å²) in [7, 11) is -3.82. The number of halogens is 1. The van der Waals surface area contributed by atoms with Gasteiger partial charge in [-0.05, 0) is 12.1 Å². The second kappa shape index (κ2) is 4.19. The number of sulfonamides is 1. The second-order valence-electron chi connectivity index (χ2n) is 4.21. The minimum atomic E-state index is -3.82. The molecule has 0 amide bonds. The molecule has 8 heteroatoms. The van der Waals surface area contributed by atoms with Crippen LogP contribution in [0.4, 0.5) is 11.4 Å². The summed E-state index contributed by atoms with van der Waals surface area (Å²) in [6.45, 7) is 0. The average molecular weight is 311 g/mol. The molecule has 0 saturated carbocycles. The molecule has 0 saturated heterocycles. The van der Waals surface area contributed by atoms with Crippen molar-refractivity contribution in [3.05, 3.63) is 51.5 Å². The number of hydrogen-bond donors (Lipinski definition) is 1. The van der Waals surface area contributed by atoms with Crippen molar-refractivity contribution in [3.8, 4) is 11.1 Å². The Labute approximate surface area is 119 Å². The van der Waals surface area contributed by atoms with Crippen LogP contribution in [0.3, 0.4) is 0 Å². The predicted molar refractivity (Wildman–Crippen MR) is 74.4 cm³/mol. The first-order chi connectivity index (χ1) is 9.40. The van der Waals surface area contributed by atoms with Crippen LogP contribution in [0.2, 0.25) is 5.02 Å². The first-order valence-electron chi connectivity index (χ1n) is 5.50. The molecule has 1 N–H and O–H groups in total. The first kappa shape index (κ1) is 12.9. The summed E-state index contributed by atoms with van der Waals surface area (Å²) in [6.07, 6.45) is 0. The molecule has 3 rings (SSSR count). The summed E-state index contributed by atoms with van der Waals surface area (Å²) in [5, 5.41) is 11.2. The van der Waals surface area contributed by atoms with Crippen LogP contribution < -0.4 is 4.72 Å². The zero-order valence-corrected chi connectivity index (χ0v) is 11.4. The van der Waals surface area contributed by atoms with E-state index in [0.29, 0.717) is 11.1 Å². The van der Waals surface area contributed by atoms with Crippen LogP contribution in [0, 0.1) is 10.1 Å². The van der Waals surface area contributed by atoms with Gasteiger partial charge < -0.3 is 0 Å². The van der Waals surface area contributed by atoms with Crippen LogP contribution in [0.15, 0.2) is 41.3 Å². The first-order valence-corrected chi connectivity index (χ1v) is 7.36. The lowest BCUT2D eigenvalue weighted by atomic mass is 10.0. The number of anilines is 1. The number of nitrogens with zero attached hydrogens (tertiary/aromatic N) is 1. The molecule has 20 heavy (non-hydrogen) atoms. The van der Waals surface area contributed by atoms with Gasteiger partial charge in [-0.1, -0.05) is 29.8 Å². The molecular formula is C12H7ClN2O4S. The van der Waals surface area contributed by atoms with E-state index in [4.69, 9.17) is 11.6 Å². The van der Waals surface area contributed by atoms with Gasteiger partial charge in [0.1, 0.15) is 5.69 Å². The van der Waals surface area contributed by atoms with Crippen LogP contribution in [0.25, 0.3) is 11.1 Å². The molecule has 1 heterocycles. The number of nitro groups is 1. The van der Waals surface area contributed by atoms with Crippen LogP contribution in [-0.2, 0) is 10.0 Å². The standard InChI is InChI=1S/C12H7ClN2O4S/c13-7-5-9-8-3-1-2-4-11(8)20(18,19)14-12(9)10(6-7)15(16)17/h1-6,14H. The third-order valence-corrected chi connectivity index (χ3v) is 4.61. The van der Waals surface area contributed by atoms with Gasteiger partial charge in [0.15, 0.2) is 0 Å². The van der Waals surface area contributed by atoms with E-state index in [9.17, 15) is 18.5 Å². The Morgan fingerprint density at radius 2 is 1.85 bits per heavy atom. The number of benzene rings is 2. The van der Waals surface area contributed by atoms with Gasteiger partial charge in [-0.25, -0.2) is 8.42 Å². The van der Waals surface area contributed by atoms with E-state index in [-0.39, 0.29) is 21.3 Å². The van der Waals surface area contributed by atoms with Crippen molar-refractivity contribution in [3.63, 3.8) is 0 Å². The molecule has 1 aliphatic rings. The highest BCUT2D eigenvalue weighted by molar-refractivity contribution is 7.93. The molecule has 0 atom stereocenters. The number of hydrogen-bond acceptors (Lipinski definition) is 4. The minimum Gasteiger partial charge on any atom is -0.272 e.